The lowest BCUT2D eigenvalue weighted by atomic mass is 10.2. The SMILES string of the molecule is Cc1cc(Br)c(NS(=O)(=O)c2c(N)ncn2C)cc1Cl. The van der Waals surface area contributed by atoms with Crippen molar-refractivity contribution in [2.45, 2.75) is 11.9 Å². The van der Waals surface area contributed by atoms with Gasteiger partial charge in [-0.1, -0.05) is 11.6 Å². The van der Waals surface area contributed by atoms with E-state index in [4.69, 9.17) is 17.3 Å². The van der Waals surface area contributed by atoms with Gasteiger partial charge in [-0.15, -0.1) is 0 Å². The summed E-state index contributed by atoms with van der Waals surface area (Å²) in [5, 5.41) is 0.366. The van der Waals surface area contributed by atoms with Gasteiger partial charge < -0.3 is 10.3 Å². The number of aryl methyl sites for hydroxylation is 2. The van der Waals surface area contributed by atoms with E-state index in [1.807, 2.05) is 6.92 Å². The molecule has 6 nitrogen and oxygen atoms in total. The first-order chi connectivity index (χ1) is 9.22. The molecule has 0 spiro atoms. The molecular weight excluding hydrogens is 368 g/mol. The number of anilines is 2. The Morgan fingerprint density at radius 1 is 1.45 bits per heavy atom. The second-order valence-electron chi connectivity index (χ2n) is 4.23. The number of imidazole rings is 1. The number of halogens is 2. The number of sulfonamides is 1. The Kier molecular flexibility index (Phi) is 3.99. The van der Waals surface area contributed by atoms with Crippen molar-refractivity contribution in [3.8, 4) is 0 Å². The maximum absolute atomic E-state index is 12.3. The van der Waals surface area contributed by atoms with Gasteiger partial charge in [0.15, 0.2) is 10.8 Å². The van der Waals surface area contributed by atoms with Gasteiger partial charge in [-0.05, 0) is 40.5 Å². The largest absolute Gasteiger partial charge is 0.381 e. The standard InChI is InChI=1S/C11H12BrClN4O2S/c1-6-3-7(12)9(4-8(6)13)16-20(18,19)11-10(14)15-5-17(11)2/h3-5,16H,14H2,1-2H3. The Morgan fingerprint density at radius 2 is 2.10 bits per heavy atom. The van der Waals surface area contributed by atoms with Gasteiger partial charge in [-0.2, -0.15) is 8.42 Å². The van der Waals surface area contributed by atoms with E-state index in [1.54, 1.807) is 13.1 Å². The van der Waals surface area contributed by atoms with Crippen LogP contribution in [0.25, 0.3) is 0 Å². The van der Waals surface area contributed by atoms with Crippen molar-refractivity contribution in [2.75, 3.05) is 10.5 Å². The fourth-order valence-electron chi connectivity index (χ4n) is 1.68. The minimum atomic E-state index is -3.85. The molecule has 0 aliphatic carbocycles. The fourth-order valence-corrected chi connectivity index (χ4v) is 3.84. The molecule has 1 aromatic carbocycles. The highest BCUT2D eigenvalue weighted by Gasteiger charge is 2.23. The highest BCUT2D eigenvalue weighted by Crippen LogP contribution is 2.31. The summed E-state index contributed by atoms with van der Waals surface area (Å²) in [4.78, 5) is 3.76. The van der Waals surface area contributed by atoms with Crippen LogP contribution < -0.4 is 10.5 Å². The predicted octanol–water partition coefficient (Wildman–Crippen LogP) is 2.53. The van der Waals surface area contributed by atoms with Crippen molar-refractivity contribution in [1.82, 2.24) is 9.55 Å². The topological polar surface area (TPSA) is 90.0 Å². The smallest absolute Gasteiger partial charge is 0.281 e. The summed E-state index contributed by atoms with van der Waals surface area (Å²) in [6.45, 7) is 1.82. The van der Waals surface area contributed by atoms with Crippen molar-refractivity contribution < 1.29 is 8.42 Å². The van der Waals surface area contributed by atoms with Crippen molar-refractivity contribution in [1.29, 1.82) is 0 Å². The van der Waals surface area contributed by atoms with Gasteiger partial charge in [0.05, 0.1) is 12.0 Å². The lowest BCUT2D eigenvalue weighted by molar-refractivity contribution is 0.592. The molecule has 1 heterocycles. The molecule has 0 bridgehead atoms. The van der Waals surface area contributed by atoms with Crippen molar-refractivity contribution >= 4 is 49.1 Å². The molecule has 3 N–H and O–H groups in total. The highest BCUT2D eigenvalue weighted by molar-refractivity contribution is 9.10. The predicted molar refractivity (Wildman–Crippen MR) is 82.3 cm³/mol. The molecule has 0 aliphatic rings. The summed E-state index contributed by atoms with van der Waals surface area (Å²) in [5.41, 5.74) is 6.75. The third-order valence-corrected chi connectivity index (χ3v) is 5.21. The Balaban J connectivity index is 2.47. The van der Waals surface area contributed by atoms with Crippen LogP contribution in [0, 0.1) is 6.92 Å². The van der Waals surface area contributed by atoms with Crippen LogP contribution in [0.2, 0.25) is 5.02 Å². The Hall–Kier alpha value is -1.25. The highest BCUT2D eigenvalue weighted by atomic mass is 79.9. The molecule has 0 unspecified atom stereocenters. The normalized spacial score (nSPS) is 11.6. The van der Waals surface area contributed by atoms with Crippen LogP contribution in [0.5, 0.6) is 0 Å². The summed E-state index contributed by atoms with van der Waals surface area (Å²) < 4.78 is 29.0. The van der Waals surface area contributed by atoms with Crippen LogP contribution in [0.15, 0.2) is 28.0 Å². The number of nitrogens with zero attached hydrogens (tertiary/aromatic N) is 2. The molecule has 2 aromatic rings. The number of benzene rings is 1. The quantitative estimate of drug-likeness (QED) is 0.857. The van der Waals surface area contributed by atoms with E-state index in [9.17, 15) is 8.42 Å². The van der Waals surface area contributed by atoms with Gasteiger partial charge in [-0.3, -0.25) is 4.72 Å². The van der Waals surface area contributed by atoms with E-state index in [2.05, 4.69) is 25.6 Å². The molecule has 0 radical (unpaired) electrons. The number of nitrogens with two attached hydrogens (primary N) is 1. The third kappa shape index (κ3) is 2.77. The Labute approximate surface area is 130 Å². The average molecular weight is 380 g/mol. The van der Waals surface area contributed by atoms with Gasteiger partial charge in [0.2, 0.25) is 0 Å². The zero-order chi connectivity index (χ0) is 15.1. The lowest BCUT2D eigenvalue weighted by Gasteiger charge is -2.12. The van der Waals surface area contributed by atoms with E-state index in [0.29, 0.717) is 15.2 Å². The number of rotatable bonds is 3. The molecule has 0 atom stereocenters. The van der Waals surface area contributed by atoms with Crippen LogP contribution in [-0.4, -0.2) is 18.0 Å². The number of aromatic nitrogens is 2. The van der Waals surface area contributed by atoms with Crippen LogP contribution in [0.1, 0.15) is 5.56 Å². The summed E-state index contributed by atoms with van der Waals surface area (Å²) >= 11 is 9.30. The maximum atomic E-state index is 12.3. The van der Waals surface area contributed by atoms with E-state index >= 15 is 0 Å². The summed E-state index contributed by atoms with van der Waals surface area (Å²) in [7, 11) is -2.30. The zero-order valence-corrected chi connectivity index (χ0v) is 13.8. The van der Waals surface area contributed by atoms with Crippen LogP contribution in [-0.2, 0) is 17.1 Å². The lowest BCUT2D eigenvalue weighted by Crippen LogP contribution is -2.18. The monoisotopic (exact) mass is 378 g/mol. The first-order valence-electron chi connectivity index (χ1n) is 5.47. The fraction of sp³-hybridized carbons (Fsp3) is 0.182. The average Bonchev–Trinajstić information content (AvgIpc) is 2.66. The third-order valence-electron chi connectivity index (χ3n) is 2.66. The van der Waals surface area contributed by atoms with Crippen molar-refractivity contribution in [3.63, 3.8) is 0 Å². The number of nitrogen functional groups attached to an aromatic ring is 1. The molecule has 0 saturated carbocycles. The molecule has 0 aliphatic heterocycles. The molecule has 0 saturated heterocycles. The maximum Gasteiger partial charge on any atom is 0.281 e. The van der Waals surface area contributed by atoms with E-state index in [-0.39, 0.29) is 10.8 Å². The minimum Gasteiger partial charge on any atom is -0.381 e. The van der Waals surface area contributed by atoms with Crippen molar-refractivity contribution in [3.05, 3.63) is 33.5 Å². The van der Waals surface area contributed by atoms with E-state index in [0.717, 1.165) is 5.56 Å². The second kappa shape index (κ2) is 5.27. The van der Waals surface area contributed by atoms with Crippen LogP contribution >= 0.6 is 27.5 Å². The first-order valence-corrected chi connectivity index (χ1v) is 8.13. The van der Waals surface area contributed by atoms with Crippen LogP contribution in [0.4, 0.5) is 11.5 Å². The van der Waals surface area contributed by atoms with Crippen LogP contribution in [0.3, 0.4) is 0 Å². The molecule has 108 valence electrons. The van der Waals surface area contributed by atoms with Gasteiger partial charge in [0.1, 0.15) is 0 Å². The molecule has 9 heteroatoms. The molecule has 20 heavy (non-hydrogen) atoms. The second-order valence-corrected chi connectivity index (χ2v) is 7.09. The first kappa shape index (κ1) is 15.1. The van der Waals surface area contributed by atoms with Gasteiger partial charge in [0, 0.05) is 16.5 Å². The molecule has 0 amide bonds. The van der Waals surface area contributed by atoms with Gasteiger partial charge >= 0.3 is 0 Å². The van der Waals surface area contributed by atoms with Crippen molar-refractivity contribution in [2.24, 2.45) is 7.05 Å². The summed E-state index contributed by atoms with van der Waals surface area (Å²) in [6.07, 6.45) is 1.33. The van der Waals surface area contributed by atoms with E-state index < -0.39 is 10.0 Å². The Morgan fingerprint density at radius 3 is 2.65 bits per heavy atom. The zero-order valence-electron chi connectivity index (χ0n) is 10.7. The number of hydrogen-bond acceptors (Lipinski definition) is 4. The van der Waals surface area contributed by atoms with E-state index in [1.165, 1.54) is 17.0 Å². The molecule has 0 fully saturated rings. The summed E-state index contributed by atoms with van der Waals surface area (Å²) in [6, 6.07) is 3.26. The van der Waals surface area contributed by atoms with Gasteiger partial charge in [-0.25, -0.2) is 4.98 Å². The summed E-state index contributed by atoms with van der Waals surface area (Å²) in [5.74, 6) is -0.0608. The van der Waals surface area contributed by atoms with Gasteiger partial charge in [0.25, 0.3) is 10.0 Å². The number of hydrogen-bond donors (Lipinski definition) is 2. The minimum absolute atomic E-state index is 0.0608. The number of nitrogens with one attached hydrogen (secondary N) is 1. The Bertz CT molecular complexity index is 753. The molecule has 2 rings (SSSR count). The molecule has 1 aromatic heterocycles. The molecular formula is C11H12BrClN4O2S.